The third-order valence-electron chi connectivity index (χ3n) is 4.53. The number of amides is 3. The van der Waals surface area contributed by atoms with Gasteiger partial charge in [0.05, 0.1) is 25.8 Å². The van der Waals surface area contributed by atoms with E-state index in [-0.39, 0.29) is 19.2 Å². The molecule has 1 aliphatic heterocycles. The van der Waals surface area contributed by atoms with Crippen LogP contribution in [-0.4, -0.2) is 85.3 Å². The minimum absolute atomic E-state index is 0.0704. The van der Waals surface area contributed by atoms with Crippen molar-refractivity contribution in [3.63, 3.8) is 0 Å². The molecule has 2 rings (SSSR count). The maximum Gasteiger partial charge on any atom is 0.325 e. The molecular formula is C19H28N4O5. The number of nitrogens with one attached hydrogen (secondary N) is 2. The van der Waals surface area contributed by atoms with Gasteiger partial charge in [-0.1, -0.05) is 6.07 Å². The number of aryl methyl sites for hydroxylation is 2. The van der Waals surface area contributed by atoms with Crippen LogP contribution in [0.4, 0.5) is 10.5 Å². The van der Waals surface area contributed by atoms with Gasteiger partial charge in [0.15, 0.2) is 0 Å². The van der Waals surface area contributed by atoms with Gasteiger partial charge in [0, 0.05) is 25.3 Å². The molecule has 1 heterocycles. The number of hydrogen-bond donors (Lipinski definition) is 3. The van der Waals surface area contributed by atoms with E-state index >= 15 is 0 Å². The van der Waals surface area contributed by atoms with E-state index in [9.17, 15) is 14.4 Å². The summed E-state index contributed by atoms with van der Waals surface area (Å²) in [6.45, 7) is 5.92. The summed E-state index contributed by atoms with van der Waals surface area (Å²) in [5.74, 6) is -1.30. The SMILES string of the molecule is Cc1ccc(NC(=O)NC(=O)CN2CCOC(CN(C)CC(=O)O)C2)cc1C. The molecule has 9 heteroatoms. The third kappa shape index (κ3) is 7.26. The van der Waals surface area contributed by atoms with Gasteiger partial charge in [-0.15, -0.1) is 0 Å². The Labute approximate surface area is 164 Å². The van der Waals surface area contributed by atoms with E-state index < -0.39 is 17.9 Å². The van der Waals surface area contributed by atoms with E-state index in [0.29, 0.717) is 31.9 Å². The zero-order valence-corrected chi connectivity index (χ0v) is 16.5. The van der Waals surface area contributed by atoms with Crippen LogP contribution in [0.5, 0.6) is 0 Å². The number of nitrogens with zero attached hydrogens (tertiary/aromatic N) is 2. The molecule has 0 saturated carbocycles. The first-order valence-corrected chi connectivity index (χ1v) is 9.15. The minimum Gasteiger partial charge on any atom is -0.480 e. The van der Waals surface area contributed by atoms with Crippen molar-refractivity contribution in [2.75, 3.05) is 51.7 Å². The van der Waals surface area contributed by atoms with Crippen LogP contribution in [0, 0.1) is 13.8 Å². The van der Waals surface area contributed by atoms with Crippen LogP contribution in [0.15, 0.2) is 18.2 Å². The van der Waals surface area contributed by atoms with Gasteiger partial charge in [0.1, 0.15) is 0 Å². The number of benzene rings is 1. The van der Waals surface area contributed by atoms with Crippen molar-refractivity contribution in [2.24, 2.45) is 0 Å². The first kappa shape index (κ1) is 21.8. The molecule has 0 aliphatic carbocycles. The molecule has 1 atom stereocenters. The molecular weight excluding hydrogens is 364 g/mol. The number of rotatable bonds is 7. The van der Waals surface area contributed by atoms with Crippen molar-refractivity contribution < 1.29 is 24.2 Å². The van der Waals surface area contributed by atoms with Gasteiger partial charge in [-0.2, -0.15) is 0 Å². The van der Waals surface area contributed by atoms with Crippen molar-refractivity contribution in [3.8, 4) is 0 Å². The second-order valence-electron chi connectivity index (χ2n) is 7.12. The quantitative estimate of drug-likeness (QED) is 0.625. The fourth-order valence-corrected chi connectivity index (χ4v) is 3.03. The molecule has 28 heavy (non-hydrogen) atoms. The Kier molecular flexibility index (Phi) is 7.91. The van der Waals surface area contributed by atoms with E-state index in [1.807, 2.05) is 30.9 Å². The lowest BCUT2D eigenvalue weighted by Gasteiger charge is -2.34. The number of ether oxygens (including phenoxy) is 1. The van der Waals surface area contributed by atoms with Gasteiger partial charge in [-0.25, -0.2) is 4.79 Å². The van der Waals surface area contributed by atoms with Crippen LogP contribution in [0.3, 0.4) is 0 Å². The topological polar surface area (TPSA) is 111 Å². The van der Waals surface area contributed by atoms with Crippen LogP contribution in [0.1, 0.15) is 11.1 Å². The van der Waals surface area contributed by atoms with E-state index in [1.165, 1.54) is 0 Å². The molecule has 0 bridgehead atoms. The van der Waals surface area contributed by atoms with E-state index in [0.717, 1.165) is 11.1 Å². The standard InChI is InChI=1S/C19H28N4O5/c1-13-4-5-15(8-14(13)2)20-19(27)21-17(24)11-23-6-7-28-16(10-23)9-22(3)12-18(25)26/h4-5,8,16H,6-7,9-12H2,1-3H3,(H,25,26)(H2,20,21,24,27). The number of carbonyl (C=O) groups excluding carboxylic acids is 2. The number of carbonyl (C=O) groups is 3. The predicted octanol–water partition coefficient (Wildman–Crippen LogP) is 0.669. The van der Waals surface area contributed by atoms with Crippen molar-refractivity contribution >= 4 is 23.6 Å². The highest BCUT2D eigenvalue weighted by Crippen LogP contribution is 2.14. The molecule has 1 unspecified atom stereocenters. The Bertz CT molecular complexity index is 724. The fraction of sp³-hybridized carbons (Fsp3) is 0.526. The Hall–Kier alpha value is -2.49. The van der Waals surface area contributed by atoms with Gasteiger partial charge < -0.3 is 15.2 Å². The number of carboxylic acids is 1. The summed E-state index contributed by atoms with van der Waals surface area (Å²) in [7, 11) is 1.71. The average molecular weight is 392 g/mol. The van der Waals surface area contributed by atoms with Crippen LogP contribution in [0.25, 0.3) is 0 Å². The van der Waals surface area contributed by atoms with E-state index in [2.05, 4.69) is 10.6 Å². The lowest BCUT2D eigenvalue weighted by molar-refractivity contribution is -0.138. The molecule has 0 radical (unpaired) electrons. The zero-order valence-electron chi connectivity index (χ0n) is 16.5. The highest BCUT2D eigenvalue weighted by Gasteiger charge is 2.24. The van der Waals surface area contributed by atoms with Crippen molar-refractivity contribution in [2.45, 2.75) is 20.0 Å². The second-order valence-corrected chi connectivity index (χ2v) is 7.12. The minimum atomic E-state index is -0.899. The summed E-state index contributed by atoms with van der Waals surface area (Å²) in [5.41, 5.74) is 2.80. The number of hydrogen-bond acceptors (Lipinski definition) is 6. The van der Waals surface area contributed by atoms with Gasteiger partial charge >= 0.3 is 12.0 Å². The Morgan fingerprint density at radius 2 is 2.04 bits per heavy atom. The maximum absolute atomic E-state index is 12.2. The number of imide groups is 1. The summed E-state index contributed by atoms with van der Waals surface area (Å²) in [6.07, 6.45) is -0.185. The smallest absolute Gasteiger partial charge is 0.325 e. The number of urea groups is 1. The maximum atomic E-state index is 12.2. The first-order valence-electron chi connectivity index (χ1n) is 9.15. The third-order valence-corrected chi connectivity index (χ3v) is 4.53. The second kappa shape index (κ2) is 10.2. The highest BCUT2D eigenvalue weighted by atomic mass is 16.5. The van der Waals surface area contributed by atoms with Crippen molar-refractivity contribution in [1.29, 1.82) is 0 Å². The summed E-state index contributed by atoms with van der Waals surface area (Å²) in [6, 6.07) is 4.97. The average Bonchev–Trinajstić information content (AvgIpc) is 2.57. The molecule has 1 fully saturated rings. The number of aliphatic carboxylic acids is 1. The summed E-state index contributed by atoms with van der Waals surface area (Å²) in [5, 5.41) is 13.8. The summed E-state index contributed by atoms with van der Waals surface area (Å²) in [4.78, 5) is 38.5. The zero-order chi connectivity index (χ0) is 20.7. The molecule has 0 spiro atoms. The molecule has 1 aromatic carbocycles. The van der Waals surface area contributed by atoms with E-state index in [4.69, 9.17) is 9.84 Å². The monoisotopic (exact) mass is 392 g/mol. The van der Waals surface area contributed by atoms with E-state index in [1.54, 1.807) is 18.0 Å². The van der Waals surface area contributed by atoms with Gasteiger partial charge in [0.25, 0.3) is 0 Å². The molecule has 3 amide bonds. The van der Waals surface area contributed by atoms with Crippen molar-refractivity contribution in [1.82, 2.24) is 15.1 Å². The van der Waals surface area contributed by atoms with Gasteiger partial charge in [0.2, 0.25) is 5.91 Å². The largest absolute Gasteiger partial charge is 0.480 e. The van der Waals surface area contributed by atoms with Crippen LogP contribution >= 0.6 is 0 Å². The molecule has 154 valence electrons. The van der Waals surface area contributed by atoms with Gasteiger partial charge in [-0.3, -0.25) is 24.7 Å². The normalized spacial score (nSPS) is 17.4. The van der Waals surface area contributed by atoms with Crippen molar-refractivity contribution in [3.05, 3.63) is 29.3 Å². The highest BCUT2D eigenvalue weighted by molar-refractivity contribution is 6.01. The Balaban J connectivity index is 1.77. The fourth-order valence-electron chi connectivity index (χ4n) is 3.03. The number of anilines is 1. The van der Waals surface area contributed by atoms with Crippen LogP contribution in [0.2, 0.25) is 0 Å². The van der Waals surface area contributed by atoms with Gasteiger partial charge in [-0.05, 0) is 44.2 Å². The molecule has 0 aromatic heterocycles. The molecule has 3 N–H and O–H groups in total. The van der Waals surface area contributed by atoms with Crippen LogP contribution in [-0.2, 0) is 14.3 Å². The summed E-state index contributed by atoms with van der Waals surface area (Å²) < 4.78 is 5.64. The first-order chi connectivity index (χ1) is 13.2. The number of carboxylic acid groups (broad SMARTS) is 1. The Morgan fingerprint density at radius 3 is 2.71 bits per heavy atom. The van der Waals surface area contributed by atoms with Crippen LogP contribution < -0.4 is 10.6 Å². The molecule has 1 saturated heterocycles. The molecule has 1 aromatic rings. The lowest BCUT2D eigenvalue weighted by atomic mass is 10.1. The number of morpholine rings is 1. The lowest BCUT2D eigenvalue weighted by Crippen LogP contribution is -2.51. The number of likely N-dealkylation sites (N-methyl/N-ethyl adjacent to an activating group) is 1. The molecule has 9 nitrogen and oxygen atoms in total. The Morgan fingerprint density at radius 1 is 1.29 bits per heavy atom. The molecule has 1 aliphatic rings. The summed E-state index contributed by atoms with van der Waals surface area (Å²) >= 11 is 0. The predicted molar refractivity (Wildman–Crippen MR) is 104 cm³/mol.